The second-order valence-electron chi connectivity index (χ2n) is 4.59. The van der Waals surface area contributed by atoms with E-state index < -0.39 is 10.0 Å². The molecule has 0 radical (unpaired) electrons. The Morgan fingerprint density at radius 2 is 2.05 bits per heavy atom. The summed E-state index contributed by atoms with van der Waals surface area (Å²) in [6.45, 7) is 4.41. The van der Waals surface area contributed by atoms with Gasteiger partial charge in [0.2, 0.25) is 10.0 Å². The number of nitrogens with zero attached hydrogens (tertiary/aromatic N) is 1. The molecule has 0 heterocycles. The Hall–Kier alpha value is -1.27. The fraction of sp³-hybridized carbons (Fsp3) is 0.538. The number of methoxy groups -OCH3 is 1. The van der Waals surface area contributed by atoms with Crippen LogP contribution in [0.3, 0.4) is 0 Å². The molecule has 0 spiro atoms. The summed E-state index contributed by atoms with van der Waals surface area (Å²) in [4.78, 5) is 0. The third kappa shape index (κ3) is 4.72. The van der Waals surface area contributed by atoms with Crippen molar-refractivity contribution < 1.29 is 13.2 Å². The average molecular weight is 286 g/mol. The Labute approximate surface area is 115 Å². The lowest BCUT2D eigenvalue weighted by Crippen LogP contribution is -2.35. The molecular formula is C13H22N2O3S. The van der Waals surface area contributed by atoms with E-state index in [4.69, 9.17) is 4.74 Å². The van der Waals surface area contributed by atoms with Crippen LogP contribution in [0.15, 0.2) is 24.3 Å². The van der Waals surface area contributed by atoms with Crippen molar-refractivity contribution in [2.45, 2.75) is 19.9 Å². The highest BCUT2D eigenvalue weighted by molar-refractivity contribution is 7.92. The lowest BCUT2D eigenvalue weighted by Gasteiger charge is -2.20. The van der Waals surface area contributed by atoms with Crippen LogP contribution >= 0.6 is 0 Å². The van der Waals surface area contributed by atoms with Gasteiger partial charge in [-0.15, -0.1) is 0 Å². The minimum Gasteiger partial charge on any atom is -0.497 e. The summed E-state index contributed by atoms with van der Waals surface area (Å²) >= 11 is 0. The smallest absolute Gasteiger partial charge is 0.236 e. The maximum Gasteiger partial charge on any atom is 0.236 e. The summed E-state index contributed by atoms with van der Waals surface area (Å²) in [5, 5.41) is 3.10. The van der Waals surface area contributed by atoms with Crippen LogP contribution in [0.2, 0.25) is 0 Å². The van der Waals surface area contributed by atoms with Crippen LogP contribution in [-0.4, -0.2) is 40.9 Å². The van der Waals surface area contributed by atoms with Crippen LogP contribution in [0.25, 0.3) is 0 Å². The molecule has 0 amide bonds. The van der Waals surface area contributed by atoms with E-state index in [1.807, 2.05) is 13.8 Å². The van der Waals surface area contributed by atoms with Gasteiger partial charge in [0, 0.05) is 25.7 Å². The first-order valence-corrected chi connectivity index (χ1v) is 7.82. The first kappa shape index (κ1) is 15.8. The first-order valence-electron chi connectivity index (χ1n) is 6.21. The van der Waals surface area contributed by atoms with Gasteiger partial charge in [0.25, 0.3) is 0 Å². The lowest BCUT2D eigenvalue weighted by molar-refractivity contribution is 0.415. The topological polar surface area (TPSA) is 58.6 Å². The van der Waals surface area contributed by atoms with Crippen molar-refractivity contribution in [3.63, 3.8) is 0 Å². The maximum atomic E-state index is 12.2. The van der Waals surface area contributed by atoms with Gasteiger partial charge in [0.15, 0.2) is 0 Å². The summed E-state index contributed by atoms with van der Waals surface area (Å²) in [5.41, 5.74) is 0.601. The molecular weight excluding hydrogens is 264 g/mol. The van der Waals surface area contributed by atoms with Crippen LogP contribution in [0.4, 0.5) is 5.69 Å². The molecule has 0 aliphatic rings. The molecule has 6 heteroatoms. The maximum absolute atomic E-state index is 12.2. The van der Waals surface area contributed by atoms with E-state index in [0.717, 1.165) is 0 Å². The zero-order valence-electron chi connectivity index (χ0n) is 11.9. The first-order chi connectivity index (χ1) is 8.86. The van der Waals surface area contributed by atoms with Gasteiger partial charge in [-0.05, 0) is 12.1 Å². The van der Waals surface area contributed by atoms with Crippen molar-refractivity contribution in [3.8, 4) is 5.75 Å². The standard InChI is InChI=1S/C13H22N2O3S/c1-11(2)14-8-9-19(16,17)15(3)12-6-5-7-13(10-12)18-4/h5-7,10-11,14H,8-9H2,1-4H3. The Balaban J connectivity index is 2.76. The molecule has 0 aromatic heterocycles. The summed E-state index contributed by atoms with van der Waals surface area (Å²) in [6, 6.07) is 7.28. The molecule has 0 unspecified atom stereocenters. The van der Waals surface area contributed by atoms with Gasteiger partial charge in [0.1, 0.15) is 5.75 Å². The molecule has 5 nitrogen and oxygen atoms in total. The fourth-order valence-corrected chi connectivity index (χ4v) is 2.66. The third-order valence-electron chi connectivity index (χ3n) is 2.75. The van der Waals surface area contributed by atoms with Crippen LogP contribution in [0, 0.1) is 0 Å². The van der Waals surface area contributed by atoms with Crippen molar-refractivity contribution in [1.82, 2.24) is 5.32 Å². The van der Waals surface area contributed by atoms with Crippen molar-refractivity contribution in [2.24, 2.45) is 0 Å². The zero-order chi connectivity index (χ0) is 14.5. The highest BCUT2D eigenvalue weighted by Gasteiger charge is 2.18. The summed E-state index contributed by atoms with van der Waals surface area (Å²) in [7, 11) is -0.208. The zero-order valence-corrected chi connectivity index (χ0v) is 12.7. The molecule has 0 aliphatic carbocycles. The van der Waals surface area contributed by atoms with E-state index in [-0.39, 0.29) is 11.8 Å². The third-order valence-corrected chi connectivity index (χ3v) is 4.51. The number of benzene rings is 1. The molecule has 0 aliphatic heterocycles. The normalized spacial score (nSPS) is 11.6. The molecule has 0 atom stereocenters. The molecule has 108 valence electrons. The van der Waals surface area contributed by atoms with Crippen molar-refractivity contribution in [1.29, 1.82) is 0 Å². The Bertz CT molecular complexity index is 500. The number of ether oxygens (including phenoxy) is 1. The number of rotatable bonds is 7. The predicted molar refractivity (Wildman–Crippen MR) is 78.3 cm³/mol. The molecule has 1 rings (SSSR count). The van der Waals surface area contributed by atoms with Crippen LogP contribution in [0.1, 0.15) is 13.8 Å². The van der Waals surface area contributed by atoms with Crippen molar-refractivity contribution in [3.05, 3.63) is 24.3 Å². The van der Waals surface area contributed by atoms with E-state index in [9.17, 15) is 8.42 Å². The van der Waals surface area contributed by atoms with Crippen LogP contribution < -0.4 is 14.4 Å². The quantitative estimate of drug-likeness (QED) is 0.824. The summed E-state index contributed by atoms with van der Waals surface area (Å²) < 4.78 is 30.7. The Morgan fingerprint density at radius 1 is 1.37 bits per heavy atom. The fourth-order valence-electron chi connectivity index (χ4n) is 1.58. The van der Waals surface area contributed by atoms with E-state index in [0.29, 0.717) is 18.0 Å². The predicted octanol–water partition coefficient (Wildman–Crippen LogP) is 1.46. The SMILES string of the molecule is COc1cccc(N(C)S(=O)(=O)CCNC(C)C)c1. The van der Waals surface area contributed by atoms with Crippen molar-refractivity contribution >= 4 is 15.7 Å². The number of anilines is 1. The molecule has 19 heavy (non-hydrogen) atoms. The van der Waals surface area contributed by atoms with Crippen LogP contribution in [-0.2, 0) is 10.0 Å². The Kier molecular flexibility index (Phi) is 5.62. The van der Waals surface area contributed by atoms with Gasteiger partial charge < -0.3 is 10.1 Å². The second kappa shape index (κ2) is 6.77. The van der Waals surface area contributed by atoms with E-state index >= 15 is 0 Å². The van der Waals surface area contributed by atoms with E-state index in [1.165, 1.54) is 4.31 Å². The van der Waals surface area contributed by atoms with Gasteiger partial charge >= 0.3 is 0 Å². The number of sulfonamides is 1. The number of hydrogen-bond acceptors (Lipinski definition) is 4. The Morgan fingerprint density at radius 3 is 2.63 bits per heavy atom. The second-order valence-corrected chi connectivity index (χ2v) is 6.71. The van der Waals surface area contributed by atoms with E-state index in [2.05, 4.69) is 5.32 Å². The summed E-state index contributed by atoms with van der Waals surface area (Å²) in [6.07, 6.45) is 0. The van der Waals surface area contributed by atoms with E-state index in [1.54, 1.807) is 38.4 Å². The highest BCUT2D eigenvalue weighted by atomic mass is 32.2. The van der Waals surface area contributed by atoms with Crippen LogP contribution in [0.5, 0.6) is 5.75 Å². The van der Waals surface area contributed by atoms with Gasteiger partial charge in [-0.25, -0.2) is 8.42 Å². The molecule has 0 fully saturated rings. The average Bonchev–Trinajstić information content (AvgIpc) is 2.37. The minimum atomic E-state index is -3.32. The molecule has 1 aromatic rings. The lowest BCUT2D eigenvalue weighted by atomic mass is 10.3. The van der Waals surface area contributed by atoms with Crippen molar-refractivity contribution in [2.75, 3.05) is 30.8 Å². The summed E-state index contributed by atoms with van der Waals surface area (Å²) in [5.74, 6) is 0.707. The molecule has 1 aromatic carbocycles. The molecule has 0 bridgehead atoms. The van der Waals surface area contributed by atoms with Gasteiger partial charge in [-0.2, -0.15) is 0 Å². The molecule has 0 saturated heterocycles. The molecule has 0 saturated carbocycles. The van der Waals surface area contributed by atoms with Gasteiger partial charge in [0.05, 0.1) is 18.6 Å². The molecule has 1 N–H and O–H groups in total. The highest BCUT2D eigenvalue weighted by Crippen LogP contribution is 2.21. The van der Waals surface area contributed by atoms with Gasteiger partial charge in [-0.3, -0.25) is 4.31 Å². The monoisotopic (exact) mass is 286 g/mol. The minimum absolute atomic E-state index is 0.0683. The van der Waals surface area contributed by atoms with Gasteiger partial charge in [-0.1, -0.05) is 19.9 Å². The number of nitrogens with one attached hydrogen (secondary N) is 1. The number of hydrogen-bond donors (Lipinski definition) is 1. The largest absolute Gasteiger partial charge is 0.497 e.